The molecule has 0 fully saturated rings. The Morgan fingerprint density at radius 2 is 1.85 bits per heavy atom. The third kappa shape index (κ3) is 5.80. The third-order valence-electron chi connectivity index (χ3n) is 1.56. The molecule has 0 amide bonds. The molecule has 0 heterocycles. The lowest BCUT2D eigenvalue weighted by atomic mass is 10.2. The molecule has 0 saturated heterocycles. The molecule has 0 N–H and O–H groups in total. The van der Waals surface area contributed by atoms with E-state index >= 15 is 0 Å². The largest absolute Gasteiger partial charge is 0.469 e. The van der Waals surface area contributed by atoms with Gasteiger partial charge in [0.15, 0.2) is 0 Å². The molecule has 0 aliphatic carbocycles. The van der Waals surface area contributed by atoms with Gasteiger partial charge in [-0.25, -0.2) is 0 Å². The van der Waals surface area contributed by atoms with Crippen LogP contribution in [0, 0.1) is 11.8 Å². The minimum atomic E-state index is -0.903. The number of carbonyl (C=O) groups excluding carboxylic acids is 1. The average Bonchev–Trinajstić information content (AvgIpc) is 2.01. The molecule has 0 aromatic heterocycles. The topological polar surface area (TPSA) is 43.4 Å². The molecular formula is C9H18O3S. The molecule has 0 aromatic carbocycles. The van der Waals surface area contributed by atoms with Crippen molar-refractivity contribution < 1.29 is 13.7 Å². The van der Waals surface area contributed by atoms with Crippen LogP contribution in [0.1, 0.15) is 20.8 Å². The van der Waals surface area contributed by atoms with Crippen LogP contribution >= 0.6 is 0 Å². The van der Waals surface area contributed by atoms with Crippen molar-refractivity contribution in [2.75, 3.05) is 18.6 Å². The maximum absolute atomic E-state index is 11.4. The van der Waals surface area contributed by atoms with Crippen molar-refractivity contribution in [2.45, 2.75) is 20.8 Å². The smallest absolute Gasteiger partial charge is 0.309 e. The SMILES string of the molecule is COC(=O)C(C)CS(=O)CC(C)C. The first-order valence-electron chi connectivity index (χ1n) is 4.40. The second-order valence-electron chi connectivity index (χ2n) is 3.59. The fourth-order valence-corrected chi connectivity index (χ4v) is 2.56. The van der Waals surface area contributed by atoms with E-state index < -0.39 is 10.8 Å². The van der Waals surface area contributed by atoms with Gasteiger partial charge in [0.05, 0.1) is 13.0 Å². The van der Waals surface area contributed by atoms with E-state index in [4.69, 9.17) is 0 Å². The Hall–Kier alpha value is -0.380. The maximum atomic E-state index is 11.4. The molecule has 3 nitrogen and oxygen atoms in total. The van der Waals surface area contributed by atoms with E-state index in [2.05, 4.69) is 4.74 Å². The van der Waals surface area contributed by atoms with Crippen LogP contribution in [-0.4, -0.2) is 28.8 Å². The molecule has 0 aliphatic rings. The normalized spacial score (nSPS) is 15.5. The molecule has 0 spiro atoms. The Balaban J connectivity index is 3.85. The molecule has 4 heteroatoms. The molecule has 0 radical (unpaired) electrons. The molecule has 0 bridgehead atoms. The Kier molecular flexibility index (Phi) is 5.95. The first kappa shape index (κ1) is 12.6. The molecule has 13 heavy (non-hydrogen) atoms. The van der Waals surface area contributed by atoms with Crippen molar-refractivity contribution in [1.29, 1.82) is 0 Å². The van der Waals surface area contributed by atoms with E-state index in [1.165, 1.54) is 7.11 Å². The second-order valence-corrected chi connectivity index (χ2v) is 5.14. The number of rotatable bonds is 5. The minimum absolute atomic E-state index is 0.260. The third-order valence-corrected chi connectivity index (χ3v) is 3.47. The summed E-state index contributed by atoms with van der Waals surface area (Å²) in [6, 6.07) is 0. The highest BCUT2D eigenvalue weighted by molar-refractivity contribution is 7.85. The number of hydrogen-bond donors (Lipinski definition) is 0. The quantitative estimate of drug-likeness (QED) is 0.635. The van der Waals surface area contributed by atoms with Crippen LogP contribution in [-0.2, 0) is 20.3 Å². The predicted octanol–water partition coefficient (Wildman–Crippen LogP) is 1.20. The Morgan fingerprint density at radius 1 is 1.31 bits per heavy atom. The van der Waals surface area contributed by atoms with Crippen LogP contribution in [0.4, 0.5) is 0 Å². The second kappa shape index (κ2) is 6.13. The fraction of sp³-hybridized carbons (Fsp3) is 0.889. The summed E-state index contributed by atoms with van der Waals surface area (Å²) in [7, 11) is 0.448. The summed E-state index contributed by atoms with van der Waals surface area (Å²) in [5, 5.41) is 0. The average molecular weight is 206 g/mol. The van der Waals surface area contributed by atoms with E-state index in [0.717, 1.165) is 0 Å². The molecule has 0 aliphatic heterocycles. The molecule has 2 atom stereocenters. The molecule has 0 rings (SSSR count). The Labute approximate surface area is 82.3 Å². The monoisotopic (exact) mass is 206 g/mol. The van der Waals surface area contributed by atoms with Crippen LogP contribution < -0.4 is 0 Å². The highest BCUT2D eigenvalue weighted by Gasteiger charge is 2.16. The summed E-state index contributed by atoms with van der Waals surface area (Å²) in [5.41, 5.74) is 0. The number of ether oxygens (including phenoxy) is 1. The van der Waals surface area contributed by atoms with Gasteiger partial charge < -0.3 is 4.74 Å². The van der Waals surface area contributed by atoms with Gasteiger partial charge in [0.2, 0.25) is 0 Å². The summed E-state index contributed by atoms with van der Waals surface area (Å²) in [5.74, 6) is 0.930. The van der Waals surface area contributed by atoms with Crippen LogP contribution in [0.5, 0.6) is 0 Å². The van der Waals surface area contributed by atoms with E-state index in [-0.39, 0.29) is 11.9 Å². The van der Waals surface area contributed by atoms with Crippen molar-refractivity contribution in [2.24, 2.45) is 11.8 Å². The van der Waals surface area contributed by atoms with Gasteiger partial charge in [-0.2, -0.15) is 0 Å². The lowest BCUT2D eigenvalue weighted by Gasteiger charge is -2.09. The standard InChI is InChI=1S/C9H18O3S/c1-7(2)5-13(11)6-8(3)9(10)12-4/h7-8H,5-6H2,1-4H3. The number of carbonyl (C=O) groups is 1. The Bertz CT molecular complexity index is 189. The summed E-state index contributed by atoms with van der Waals surface area (Å²) in [6.07, 6.45) is 0. The predicted molar refractivity (Wildman–Crippen MR) is 53.9 cm³/mol. The molecule has 0 saturated carbocycles. The first-order valence-corrected chi connectivity index (χ1v) is 5.89. The lowest BCUT2D eigenvalue weighted by Crippen LogP contribution is -2.21. The molecular weight excluding hydrogens is 188 g/mol. The highest BCUT2D eigenvalue weighted by Crippen LogP contribution is 2.04. The highest BCUT2D eigenvalue weighted by atomic mass is 32.2. The van der Waals surface area contributed by atoms with E-state index in [0.29, 0.717) is 17.4 Å². The van der Waals surface area contributed by atoms with Crippen molar-refractivity contribution in [3.63, 3.8) is 0 Å². The number of hydrogen-bond acceptors (Lipinski definition) is 3. The van der Waals surface area contributed by atoms with Crippen LogP contribution in [0.2, 0.25) is 0 Å². The van der Waals surface area contributed by atoms with Crippen LogP contribution in [0.3, 0.4) is 0 Å². The summed E-state index contributed by atoms with van der Waals surface area (Å²) < 4.78 is 15.9. The van der Waals surface area contributed by atoms with Gasteiger partial charge in [0.25, 0.3) is 0 Å². The van der Waals surface area contributed by atoms with Gasteiger partial charge in [0.1, 0.15) is 0 Å². The number of esters is 1. The molecule has 0 aromatic rings. The summed E-state index contributed by atoms with van der Waals surface area (Å²) >= 11 is 0. The van der Waals surface area contributed by atoms with Crippen molar-refractivity contribution in [3.8, 4) is 0 Å². The molecule has 78 valence electrons. The zero-order valence-corrected chi connectivity index (χ0v) is 9.52. The van der Waals surface area contributed by atoms with Gasteiger partial charge in [-0.05, 0) is 5.92 Å². The summed E-state index contributed by atoms with van der Waals surface area (Å²) in [4.78, 5) is 11.0. The van der Waals surface area contributed by atoms with Gasteiger partial charge in [0, 0.05) is 22.3 Å². The zero-order chi connectivity index (χ0) is 10.4. The Morgan fingerprint density at radius 3 is 2.23 bits per heavy atom. The lowest BCUT2D eigenvalue weighted by molar-refractivity contribution is -0.144. The summed E-state index contributed by atoms with van der Waals surface area (Å²) in [6.45, 7) is 5.77. The zero-order valence-electron chi connectivity index (χ0n) is 8.70. The van der Waals surface area contributed by atoms with Gasteiger partial charge in [-0.3, -0.25) is 9.00 Å². The van der Waals surface area contributed by atoms with Crippen LogP contribution in [0.15, 0.2) is 0 Å². The molecule has 2 unspecified atom stereocenters. The van der Waals surface area contributed by atoms with Gasteiger partial charge in [-0.15, -0.1) is 0 Å². The fourth-order valence-electron chi connectivity index (χ4n) is 0.988. The first-order chi connectivity index (χ1) is 5.97. The van der Waals surface area contributed by atoms with Crippen LogP contribution in [0.25, 0.3) is 0 Å². The number of methoxy groups -OCH3 is 1. The van der Waals surface area contributed by atoms with E-state index in [1.54, 1.807) is 6.92 Å². The van der Waals surface area contributed by atoms with Crippen molar-refractivity contribution in [3.05, 3.63) is 0 Å². The van der Waals surface area contributed by atoms with E-state index in [1.807, 2.05) is 13.8 Å². The minimum Gasteiger partial charge on any atom is -0.469 e. The van der Waals surface area contributed by atoms with E-state index in [9.17, 15) is 9.00 Å². The van der Waals surface area contributed by atoms with Crippen molar-refractivity contribution >= 4 is 16.8 Å². The van der Waals surface area contributed by atoms with Crippen molar-refractivity contribution in [1.82, 2.24) is 0 Å². The van der Waals surface area contributed by atoms with Gasteiger partial charge >= 0.3 is 5.97 Å². The van der Waals surface area contributed by atoms with Gasteiger partial charge in [-0.1, -0.05) is 20.8 Å². The maximum Gasteiger partial charge on any atom is 0.309 e.